The number of likely N-dealkylation sites (tertiary alicyclic amines) is 1. The van der Waals surface area contributed by atoms with Gasteiger partial charge in [0, 0.05) is 23.6 Å². The minimum absolute atomic E-state index is 0. The summed E-state index contributed by atoms with van der Waals surface area (Å²) in [5, 5.41) is 0. The lowest BCUT2D eigenvalue weighted by atomic mass is 9.97. The standard InChI is InChI=1S/C18H27BrN2O2S.ClH/c1-14-8-10-21(11-9-14)17-7-6-16(13-17)20(2)24(22,23)18-5-3-4-15(19)12-18;/h3-5,12,14,16-17H,6-11,13H2,1-2H3;1H. The maximum atomic E-state index is 12.9. The molecule has 1 aromatic carbocycles. The third-order valence-electron chi connectivity index (χ3n) is 5.70. The predicted molar refractivity (Wildman–Crippen MR) is 108 cm³/mol. The maximum Gasteiger partial charge on any atom is 0.243 e. The van der Waals surface area contributed by atoms with Crippen LogP contribution in [0, 0.1) is 5.92 Å². The van der Waals surface area contributed by atoms with Gasteiger partial charge < -0.3 is 4.90 Å². The molecule has 25 heavy (non-hydrogen) atoms. The van der Waals surface area contributed by atoms with E-state index in [9.17, 15) is 8.42 Å². The van der Waals surface area contributed by atoms with Crippen molar-refractivity contribution in [3.8, 4) is 0 Å². The van der Waals surface area contributed by atoms with Crippen molar-refractivity contribution in [1.29, 1.82) is 0 Å². The largest absolute Gasteiger partial charge is 0.300 e. The van der Waals surface area contributed by atoms with Gasteiger partial charge in [-0.25, -0.2) is 8.42 Å². The van der Waals surface area contributed by atoms with E-state index >= 15 is 0 Å². The van der Waals surface area contributed by atoms with Crippen molar-refractivity contribution in [2.45, 2.75) is 56.0 Å². The first-order valence-corrected chi connectivity index (χ1v) is 11.1. The molecular formula is C18H28BrClN2O2S. The molecule has 2 unspecified atom stereocenters. The van der Waals surface area contributed by atoms with Crippen molar-refractivity contribution < 1.29 is 8.42 Å². The predicted octanol–water partition coefficient (Wildman–Crippen LogP) is 4.14. The summed E-state index contributed by atoms with van der Waals surface area (Å²) in [5.74, 6) is 0.832. The molecule has 7 heteroatoms. The fourth-order valence-corrected chi connectivity index (χ4v) is 5.97. The van der Waals surface area contributed by atoms with Gasteiger partial charge in [-0.05, 0) is 69.3 Å². The molecule has 1 aromatic rings. The quantitative estimate of drug-likeness (QED) is 0.690. The van der Waals surface area contributed by atoms with Crippen LogP contribution in [0.15, 0.2) is 33.6 Å². The van der Waals surface area contributed by atoms with E-state index in [2.05, 4.69) is 27.8 Å². The van der Waals surface area contributed by atoms with E-state index in [1.54, 1.807) is 29.6 Å². The van der Waals surface area contributed by atoms with Gasteiger partial charge in [-0.3, -0.25) is 0 Å². The molecule has 4 nitrogen and oxygen atoms in total. The van der Waals surface area contributed by atoms with E-state index < -0.39 is 10.0 Å². The molecule has 1 saturated heterocycles. The first kappa shape index (κ1) is 21.2. The number of halogens is 2. The Morgan fingerprint density at radius 1 is 1.16 bits per heavy atom. The lowest BCUT2D eigenvalue weighted by molar-refractivity contribution is 0.136. The van der Waals surface area contributed by atoms with Crippen LogP contribution in [-0.2, 0) is 10.0 Å². The summed E-state index contributed by atoms with van der Waals surface area (Å²) in [6, 6.07) is 7.64. The number of benzene rings is 1. The summed E-state index contributed by atoms with van der Waals surface area (Å²) >= 11 is 3.36. The van der Waals surface area contributed by atoms with Gasteiger partial charge in [-0.2, -0.15) is 4.31 Å². The first-order chi connectivity index (χ1) is 11.4. The second-order valence-corrected chi connectivity index (χ2v) is 10.2. The summed E-state index contributed by atoms with van der Waals surface area (Å²) in [6.07, 6.45) is 5.57. The van der Waals surface area contributed by atoms with Gasteiger partial charge in [0.1, 0.15) is 0 Å². The Hall–Kier alpha value is -0.140. The zero-order valence-corrected chi connectivity index (χ0v) is 18.1. The number of sulfonamides is 1. The monoisotopic (exact) mass is 450 g/mol. The second kappa shape index (κ2) is 8.70. The Morgan fingerprint density at radius 3 is 2.48 bits per heavy atom. The van der Waals surface area contributed by atoms with E-state index in [0.717, 1.165) is 29.7 Å². The van der Waals surface area contributed by atoms with Crippen molar-refractivity contribution in [1.82, 2.24) is 9.21 Å². The molecule has 0 amide bonds. The van der Waals surface area contributed by atoms with Gasteiger partial charge in [0.15, 0.2) is 0 Å². The first-order valence-electron chi connectivity index (χ1n) is 8.85. The molecule has 0 aromatic heterocycles. The summed E-state index contributed by atoms with van der Waals surface area (Å²) in [6.45, 7) is 4.66. The average molecular weight is 452 g/mol. The normalized spacial score (nSPS) is 25.9. The highest BCUT2D eigenvalue weighted by atomic mass is 79.9. The SMILES string of the molecule is CC1CCN(C2CCC(N(C)S(=O)(=O)c3cccc(Br)c3)C2)CC1.Cl. The smallest absolute Gasteiger partial charge is 0.243 e. The number of hydrogen-bond acceptors (Lipinski definition) is 3. The molecule has 0 spiro atoms. The zero-order valence-electron chi connectivity index (χ0n) is 14.9. The zero-order chi connectivity index (χ0) is 17.3. The number of nitrogens with zero attached hydrogens (tertiary/aromatic N) is 2. The van der Waals surface area contributed by atoms with Crippen LogP contribution in [0.2, 0.25) is 0 Å². The minimum Gasteiger partial charge on any atom is -0.300 e. The van der Waals surface area contributed by atoms with Crippen molar-refractivity contribution in [2.24, 2.45) is 5.92 Å². The molecule has 2 atom stereocenters. The third kappa shape index (κ3) is 4.78. The number of rotatable bonds is 4. The van der Waals surface area contributed by atoms with Gasteiger partial charge in [-0.15, -0.1) is 12.4 Å². The van der Waals surface area contributed by atoms with Crippen molar-refractivity contribution in [3.63, 3.8) is 0 Å². The topological polar surface area (TPSA) is 40.6 Å². The Balaban J connectivity index is 0.00000225. The van der Waals surface area contributed by atoms with Gasteiger partial charge in [0.25, 0.3) is 0 Å². The van der Waals surface area contributed by atoms with E-state index in [4.69, 9.17) is 0 Å². The van der Waals surface area contributed by atoms with Gasteiger partial charge >= 0.3 is 0 Å². The molecule has 0 radical (unpaired) electrons. The van der Waals surface area contributed by atoms with Gasteiger partial charge in [-0.1, -0.05) is 28.9 Å². The molecule has 1 saturated carbocycles. The lowest BCUT2D eigenvalue weighted by Gasteiger charge is -2.35. The molecule has 1 aliphatic heterocycles. The van der Waals surface area contributed by atoms with Crippen LogP contribution in [0.1, 0.15) is 39.0 Å². The Bertz CT molecular complexity index is 677. The summed E-state index contributed by atoms with van der Waals surface area (Å²) in [5.41, 5.74) is 0. The fraction of sp³-hybridized carbons (Fsp3) is 0.667. The Morgan fingerprint density at radius 2 is 1.84 bits per heavy atom. The summed E-state index contributed by atoms with van der Waals surface area (Å²) in [4.78, 5) is 2.95. The van der Waals surface area contributed by atoms with Crippen LogP contribution < -0.4 is 0 Å². The number of hydrogen-bond donors (Lipinski definition) is 0. The highest BCUT2D eigenvalue weighted by Gasteiger charge is 2.37. The molecule has 2 aliphatic rings. The minimum atomic E-state index is -3.42. The van der Waals surface area contributed by atoms with E-state index in [1.165, 1.54) is 25.9 Å². The van der Waals surface area contributed by atoms with Gasteiger partial charge in [0.05, 0.1) is 4.90 Å². The molecule has 0 N–H and O–H groups in total. The van der Waals surface area contributed by atoms with Crippen molar-refractivity contribution in [2.75, 3.05) is 20.1 Å². The Labute approximate surface area is 166 Å². The number of piperidine rings is 1. The van der Waals surface area contributed by atoms with E-state index in [1.807, 2.05) is 6.07 Å². The highest BCUT2D eigenvalue weighted by molar-refractivity contribution is 9.10. The van der Waals surface area contributed by atoms with Crippen LogP contribution in [0.3, 0.4) is 0 Å². The molecule has 1 aliphatic carbocycles. The summed E-state index contributed by atoms with van der Waals surface area (Å²) in [7, 11) is -1.69. The molecule has 0 bridgehead atoms. The molecule has 3 rings (SSSR count). The second-order valence-electron chi connectivity index (χ2n) is 7.32. The molecule has 1 heterocycles. The van der Waals surface area contributed by atoms with Crippen LogP contribution >= 0.6 is 28.3 Å². The summed E-state index contributed by atoms with van der Waals surface area (Å²) < 4.78 is 28.2. The fourth-order valence-electron chi connectivity index (χ4n) is 3.98. The van der Waals surface area contributed by atoms with Crippen molar-refractivity contribution in [3.05, 3.63) is 28.7 Å². The van der Waals surface area contributed by atoms with Gasteiger partial charge in [0.2, 0.25) is 10.0 Å². The molecular weight excluding hydrogens is 424 g/mol. The molecule has 142 valence electrons. The molecule has 2 fully saturated rings. The lowest BCUT2D eigenvalue weighted by Crippen LogP contribution is -2.41. The van der Waals surface area contributed by atoms with E-state index in [0.29, 0.717) is 10.9 Å². The Kier molecular flexibility index (Phi) is 7.36. The average Bonchev–Trinajstić information content (AvgIpc) is 3.04. The maximum absolute atomic E-state index is 12.9. The third-order valence-corrected chi connectivity index (χ3v) is 8.10. The van der Waals surface area contributed by atoms with Crippen LogP contribution in [-0.4, -0.2) is 49.8 Å². The van der Waals surface area contributed by atoms with Crippen molar-refractivity contribution >= 4 is 38.4 Å². The van der Waals surface area contributed by atoms with Crippen LogP contribution in [0.4, 0.5) is 0 Å². The van der Waals surface area contributed by atoms with Crippen LogP contribution in [0.5, 0.6) is 0 Å². The van der Waals surface area contributed by atoms with Crippen LogP contribution in [0.25, 0.3) is 0 Å². The highest BCUT2D eigenvalue weighted by Crippen LogP contribution is 2.33. The van der Waals surface area contributed by atoms with E-state index in [-0.39, 0.29) is 18.4 Å².